The molecule has 1 heterocycles. The van der Waals surface area contributed by atoms with E-state index in [1.54, 1.807) is 24.0 Å². The summed E-state index contributed by atoms with van der Waals surface area (Å²) < 4.78 is 39.7. The summed E-state index contributed by atoms with van der Waals surface area (Å²) in [5, 5.41) is 6.53. The monoisotopic (exact) mass is 298 g/mol. The van der Waals surface area contributed by atoms with Crippen LogP contribution < -0.4 is 11.1 Å². The standard InChI is InChI=1S/C13H13F3N4O/c1-20-6-5-8(19-20)7-18-12(21)9-3-2-4-10(11(9)17)13(14,15)16/h2-6H,7,17H2,1H3,(H,18,21). The highest BCUT2D eigenvalue weighted by Gasteiger charge is 2.34. The summed E-state index contributed by atoms with van der Waals surface area (Å²) in [5.41, 5.74) is 4.23. The van der Waals surface area contributed by atoms with Crippen molar-refractivity contribution in [1.29, 1.82) is 0 Å². The molecule has 0 aliphatic carbocycles. The number of hydrogen-bond acceptors (Lipinski definition) is 3. The second-order valence-corrected chi connectivity index (χ2v) is 4.43. The highest BCUT2D eigenvalue weighted by atomic mass is 19.4. The number of rotatable bonds is 3. The first-order valence-corrected chi connectivity index (χ1v) is 6.01. The number of nitrogens with zero attached hydrogens (tertiary/aromatic N) is 2. The maximum atomic E-state index is 12.7. The number of hydrogen-bond donors (Lipinski definition) is 2. The average Bonchev–Trinajstić information content (AvgIpc) is 2.80. The third-order valence-electron chi connectivity index (χ3n) is 2.86. The third kappa shape index (κ3) is 3.33. The lowest BCUT2D eigenvalue weighted by Gasteiger charge is -2.13. The van der Waals surface area contributed by atoms with Gasteiger partial charge in [-0.25, -0.2) is 0 Å². The van der Waals surface area contributed by atoms with Crippen LogP contribution in [0.2, 0.25) is 0 Å². The quantitative estimate of drug-likeness (QED) is 0.851. The van der Waals surface area contributed by atoms with Gasteiger partial charge in [0.1, 0.15) is 0 Å². The Labute approximate surface area is 118 Å². The first-order chi connectivity index (χ1) is 9.79. The summed E-state index contributed by atoms with van der Waals surface area (Å²) in [5.74, 6) is -0.677. The van der Waals surface area contributed by atoms with Gasteiger partial charge in [-0.3, -0.25) is 9.48 Å². The lowest BCUT2D eigenvalue weighted by molar-refractivity contribution is -0.136. The Bertz CT molecular complexity index is 664. The van der Waals surface area contributed by atoms with Crippen LogP contribution in [-0.4, -0.2) is 15.7 Å². The smallest absolute Gasteiger partial charge is 0.398 e. The summed E-state index contributed by atoms with van der Waals surface area (Å²) >= 11 is 0. The number of aryl methyl sites for hydroxylation is 1. The van der Waals surface area contributed by atoms with Gasteiger partial charge in [0.25, 0.3) is 5.91 Å². The SMILES string of the molecule is Cn1ccc(CNC(=O)c2cccc(C(F)(F)F)c2N)n1. The zero-order valence-electron chi connectivity index (χ0n) is 11.1. The van der Waals surface area contributed by atoms with Crippen molar-refractivity contribution >= 4 is 11.6 Å². The van der Waals surface area contributed by atoms with Crippen LogP contribution in [0.25, 0.3) is 0 Å². The second kappa shape index (κ2) is 5.47. The van der Waals surface area contributed by atoms with Gasteiger partial charge in [-0.1, -0.05) is 6.07 Å². The zero-order chi connectivity index (χ0) is 15.6. The highest BCUT2D eigenvalue weighted by molar-refractivity contribution is 5.99. The van der Waals surface area contributed by atoms with Crippen molar-refractivity contribution < 1.29 is 18.0 Å². The van der Waals surface area contributed by atoms with Gasteiger partial charge < -0.3 is 11.1 Å². The van der Waals surface area contributed by atoms with Gasteiger partial charge in [-0.2, -0.15) is 18.3 Å². The fourth-order valence-corrected chi connectivity index (χ4v) is 1.83. The molecular formula is C13H13F3N4O. The molecule has 0 bridgehead atoms. The number of nitrogens with two attached hydrogens (primary N) is 1. The first kappa shape index (κ1) is 14.9. The van der Waals surface area contributed by atoms with E-state index in [4.69, 9.17) is 5.73 Å². The molecule has 0 saturated heterocycles. The summed E-state index contributed by atoms with van der Waals surface area (Å²) in [7, 11) is 1.72. The molecule has 0 aliphatic rings. The molecule has 2 rings (SSSR count). The molecule has 0 atom stereocenters. The van der Waals surface area contributed by atoms with E-state index >= 15 is 0 Å². The van der Waals surface area contributed by atoms with Crippen molar-refractivity contribution in [2.75, 3.05) is 5.73 Å². The van der Waals surface area contributed by atoms with Crippen LogP contribution in [-0.2, 0) is 19.8 Å². The molecule has 3 N–H and O–H groups in total. The van der Waals surface area contributed by atoms with Crippen LogP contribution in [0.3, 0.4) is 0 Å². The van der Waals surface area contributed by atoms with Crippen molar-refractivity contribution in [3.8, 4) is 0 Å². The maximum absolute atomic E-state index is 12.7. The highest BCUT2D eigenvalue weighted by Crippen LogP contribution is 2.34. The van der Waals surface area contributed by atoms with E-state index in [0.29, 0.717) is 5.69 Å². The maximum Gasteiger partial charge on any atom is 0.418 e. The fraction of sp³-hybridized carbons (Fsp3) is 0.231. The number of amides is 1. The number of benzene rings is 1. The third-order valence-corrected chi connectivity index (χ3v) is 2.86. The molecular weight excluding hydrogens is 285 g/mol. The summed E-state index contributed by atoms with van der Waals surface area (Å²) in [6, 6.07) is 4.92. The topological polar surface area (TPSA) is 72.9 Å². The minimum absolute atomic E-state index is 0.107. The molecule has 112 valence electrons. The number of aromatic nitrogens is 2. The van der Waals surface area contributed by atoms with Crippen LogP contribution in [0.1, 0.15) is 21.6 Å². The molecule has 1 aromatic carbocycles. The van der Waals surface area contributed by atoms with Crippen LogP contribution >= 0.6 is 0 Å². The van der Waals surface area contributed by atoms with Crippen molar-refractivity contribution in [2.45, 2.75) is 12.7 Å². The Balaban J connectivity index is 2.16. The molecule has 0 spiro atoms. The molecule has 0 radical (unpaired) electrons. The molecule has 0 fully saturated rings. The molecule has 5 nitrogen and oxygen atoms in total. The molecule has 2 aromatic rings. The molecule has 21 heavy (non-hydrogen) atoms. The zero-order valence-corrected chi connectivity index (χ0v) is 11.1. The number of nitrogens with one attached hydrogen (secondary N) is 1. The number of nitrogen functional groups attached to an aromatic ring is 1. The van der Waals surface area contributed by atoms with Crippen LogP contribution in [0.5, 0.6) is 0 Å². The number of alkyl halides is 3. The van der Waals surface area contributed by atoms with E-state index in [0.717, 1.165) is 12.1 Å². The Morgan fingerprint density at radius 2 is 2.10 bits per heavy atom. The second-order valence-electron chi connectivity index (χ2n) is 4.43. The predicted molar refractivity (Wildman–Crippen MR) is 70.2 cm³/mol. The molecule has 0 unspecified atom stereocenters. The molecule has 1 amide bonds. The van der Waals surface area contributed by atoms with Crippen LogP contribution in [0, 0.1) is 0 Å². The average molecular weight is 298 g/mol. The Morgan fingerprint density at radius 3 is 2.67 bits per heavy atom. The van der Waals surface area contributed by atoms with E-state index < -0.39 is 23.3 Å². The molecule has 0 saturated carbocycles. The lowest BCUT2D eigenvalue weighted by Crippen LogP contribution is -2.25. The van der Waals surface area contributed by atoms with Crippen molar-refractivity contribution in [1.82, 2.24) is 15.1 Å². The van der Waals surface area contributed by atoms with Crippen LogP contribution in [0.4, 0.5) is 18.9 Å². The van der Waals surface area contributed by atoms with Crippen molar-refractivity contribution in [2.24, 2.45) is 7.05 Å². The van der Waals surface area contributed by atoms with Gasteiger partial charge in [0.05, 0.1) is 29.1 Å². The molecule has 8 heteroatoms. The Hall–Kier alpha value is -2.51. The predicted octanol–water partition coefficient (Wildman–Crippen LogP) is 1.95. The largest absolute Gasteiger partial charge is 0.418 e. The van der Waals surface area contributed by atoms with Gasteiger partial charge in [-0.15, -0.1) is 0 Å². The van der Waals surface area contributed by atoms with E-state index in [1.807, 2.05) is 0 Å². The van der Waals surface area contributed by atoms with Crippen molar-refractivity contribution in [3.05, 3.63) is 47.3 Å². The minimum atomic E-state index is -4.60. The summed E-state index contributed by atoms with van der Waals surface area (Å²) in [4.78, 5) is 11.9. The summed E-state index contributed by atoms with van der Waals surface area (Å²) in [6.07, 6.45) is -2.90. The lowest BCUT2D eigenvalue weighted by atomic mass is 10.1. The number of para-hydroxylation sites is 1. The van der Waals surface area contributed by atoms with Gasteiger partial charge in [0, 0.05) is 13.2 Å². The van der Waals surface area contributed by atoms with E-state index in [1.165, 1.54) is 6.07 Å². The summed E-state index contributed by atoms with van der Waals surface area (Å²) in [6.45, 7) is 0.107. The van der Waals surface area contributed by atoms with Gasteiger partial charge in [-0.05, 0) is 18.2 Å². The minimum Gasteiger partial charge on any atom is -0.398 e. The number of halogens is 3. The Morgan fingerprint density at radius 1 is 1.38 bits per heavy atom. The molecule has 1 aromatic heterocycles. The number of carbonyl (C=O) groups excluding carboxylic acids is 1. The van der Waals surface area contributed by atoms with Gasteiger partial charge >= 0.3 is 6.18 Å². The van der Waals surface area contributed by atoms with Gasteiger partial charge in [0.2, 0.25) is 0 Å². The number of carbonyl (C=O) groups is 1. The number of anilines is 1. The van der Waals surface area contributed by atoms with E-state index in [-0.39, 0.29) is 12.1 Å². The van der Waals surface area contributed by atoms with Crippen molar-refractivity contribution in [3.63, 3.8) is 0 Å². The molecule has 0 aliphatic heterocycles. The normalized spacial score (nSPS) is 11.4. The first-order valence-electron chi connectivity index (χ1n) is 6.01. The van der Waals surface area contributed by atoms with Crippen LogP contribution in [0.15, 0.2) is 30.5 Å². The Kier molecular flexibility index (Phi) is 3.88. The van der Waals surface area contributed by atoms with E-state index in [2.05, 4.69) is 10.4 Å². The fourth-order valence-electron chi connectivity index (χ4n) is 1.83. The van der Waals surface area contributed by atoms with E-state index in [9.17, 15) is 18.0 Å². The van der Waals surface area contributed by atoms with Gasteiger partial charge in [0.15, 0.2) is 0 Å².